The summed E-state index contributed by atoms with van der Waals surface area (Å²) in [5.74, 6) is 0.145. The smallest absolute Gasteiger partial charge is 0.231 e. The van der Waals surface area contributed by atoms with Crippen molar-refractivity contribution in [1.82, 2.24) is 9.88 Å². The lowest BCUT2D eigenvalue weighted by atomic mass is 9.90. The molecule has 2 aromatic heterocycles. The lowest BCUT2D eigenvalue weighted by Crippen LogP contribution is -2.47. The Balaban J connectivity index is 1.87. The predicted octanol–water partition coefficient (Wildman–Crippen LogP) is 2.27. The number of hydrogen-bond donors (Lipinski definition) is 1. The van der Waals surface area contributed by atoms with E-state index in [-0.39, 0.29) is 24.1 Å². The molecule has 1 amide bonds. The highest BCUT2D eigenvalue weighted by molar-refractivity contribution is 7.14. The zero-order chi connectivity index (χ0) is 18.2. The van der Waals surface area contributed by atoms with Crippen molar-refractivity contribution in [3.63, 3.8) is 0 Å². The van der Waals surface area contributed by atoms with Crippen molar-refractivity contribution in [3.05, 3.63) is 51.5 Å². The maximum atomic E-state index is 12.4. The van der Waals surface area contributed by atoms with Crippen LogP contribution in [0.25, 0.3) is 0 Å². The Morgan fingerprint density at radius 2 is 2.16 bits per heavy atom. The number of ketones is 1. The number of aryl methyl sites for hydroxylation is 1. The van der Waals surface area contributed by atoms with Crippen molar-refractivity contribution in [3.8, 4) is 0 Å². The molecule has 6 nitrogen and oxygen atoms in total. The van der Waals surface area contributed by atoms with Crippen molar-refractivity contribution in [2.75, 3.05) is 7.05 Å². The van der Waals surface area contributed by atoms with Gasteiger partial charge in [-0.2, -0.15) is 0 Å². The van der Waals surface area contributed by atoms with E-state index in [1.807, 2.05) is 38.1 Å². The van der Waals surface area contributed by atoms with Gasteiger partial charge in [0, 0.05) is 24.5 Å². The number of nitrogens with zero attached hydrogens (tertiary/aromatic N) is 3. The van der Waals surface area contributed by atoms with Gasteiger partial charge in [0.25, 0.3) is 0 Å². The fourth-order valence-electron chi connectivity index (χ4n) is 2.79. The van der Waals surface area contributed by atoms with E-state index in [0.717, 1.165) is 15.3 Å². The molecule has 0 spiro atoms. The van der Waals surface area contributed by atoms with Crippen LogP contribution < -0.4 is 5.73 Å². The quantitative estimate of drug-likeness (QED) is 0.851. The number of hydrogen-bond acceptors (Lipinski definition) is 6. The van der Waals surface area contributed by atoms with Crippen LogP contribution in [-0.2, 0) is 16.8 Å². The molecule has 7 heteroatoms. The van der Waals surface area contributed by atoms with Crippen molar-refractivity contribution < 1.29 is 9.59 Å². The average molecular weight is 356 g/mol. The second-order valence-corrected chi connectivity index (χ2v) is 7.72. The number of amides is 1. The van der Waals surface area contributed by atoms with Gasteiger partial charge in [-0.25, -0.2) is 4.99 Å². The summed E-state index contributed by atoms with van der Waals surface area (Å²) in [5.41, 5.74) is 6.53. The fraction of sp³-hybridized carbons (Fsp3) is 0.333. The Bertz CT molecular complexity index is 873. The number of aromatic nitrogens is 1. The Hall–Kier alpha value is -2.54. The molecule has 2 N–H and O–H groups in total. The van der Waals surface area contributed by atoms with Gasteiger partial charge in [-0.05, 0) is 43.7 Å². The molecule has 2 aromatic rings. The fourth-order valence-corrected chi connectivity index (χ4v) is 3.60. The van der Waals surface area contributed by atoms with Crippen molar-refractivity contribution in [1.29, 1.82) is 0 Å². The second kappa shape index (κ2) is 6.40. The molecule has 1 unspecified atom stereocenters. The van der Waals surface area contributed by atoms with Gasteiger partial charge >= 0.3 is 0 Å². The lowest BCUT2D eigenvalue weighted by molar-refractivity contribution is -0.128. The topological polar surface area (TPSA) is 88.7 Å². The van der Waals surface area contributed by atoms with Gasteiger partial charge in [-0.1, -0.05) is 0 Å². The molecular formula is C18H20N4O2S. The summed E-state index contributed by atoms with van der Waals surface area (Å²) in [6.07, 6.45) is 2.13. The molecule has 0 saturated carbocycles. The number of nitrogens with two attached hydrogens (primary N) is 1. The first-order valence-electron chi connectivity index (χ1n) is 7.95. The van der Waals surface area contributed by atoms with E-state index in [4.69, 9.17) is 5.73 Å². The van der Waals surface area contributed by atoms with E-state index >= 15 is 0 Å². The standard InChI is InChI=1S/C18H20N4O2S/c1-11-4-5-14(25-11)13(23)8-12-6-7-20-15(9-12)18(2)10-16(24)22(3)17(19)21-18/h4-7,9H,8,10H2,1-3H3,(H2,19,21). The first kappa shape index (κ1) is 17.3. The van der Waals surface area contributed by atoms with Crippen molar-refractivity contribution >= 4 is 29.0 Å². The zero-order valence-corrected chi connectivity index (χ0v) is 15.3. The second-order valence-electron chi connectivity index (χ2n) is 6.43. The molecule has 0 aliphatic carbocycles. The largest absolute Gasteiger partial charge is 0.369 e. The predicted molar refractivity (Wildman–Crippen MR) is 97.7 cm³/mol. The molecule has 0 radical (unpaired) electrons. The first-order valence-corrected chi connectivity index (χ1v) is 8.77. The summed E-state index contributed by atoms with van der Waals surface area (Å²) in [6.45, 7) is 3.81. The first-order chi connectivity index (χ1) is 11.8. The third kappa shape index (κ3) is 3.46. The number of thiophene rings is 1. The Morgan fingerprint density at radius 3 is 2.80 bits per heavy atom. The van der Waals surface area contributed by atoms with Crippen LogP contribution in [0.5, 0.6) is 0 Å². The SMILES string of the molecule is Cc1ccc(C(=O)Cc2ccnc(C3(C)CC(=O)N(C)C(N)=N3)c2)s1. The van der Waals surface area contributed by atoms with Crippen molar-refractivity contribution in [2.24, 2.45) is 10.7 Å². The summed E-state index contributed by atoms with van der Waals surface area (Å²) in [6, 6.07) is 7.45. The minimum Gasteiger partial charge on any atom is -0.369 e. The molecule has 0 bridgehead atoms. The molecule has 0 saturated heterocycles. The van der Waals surface area contributed by atoms with E-state index in [2.05, 4.69) is 9.98 Å². The maximum absolute atomic E-state index is 12.4. The third-order valence-electron chi connectivity index (χ3n) is 4.33. The van der Waals surface area contributed by atoms with Crippen LogP contribution in [-0.4, -0.2) is 34.6 Å². The van der Waals surface area contributed by atoms with Crippen LogP contribution in [0.15, 0.2) is 35.5 Å². The Labute approximate surface area is 150 Å². The summed E-state index contributed by atoms with van der Waals surface area (Å²) in [5, 5.41) is 0. The minimum absolute atomic E-state index is 0.0721. The summed E-state index contributed by atoms with van der Waals surface area (Å²) >= 11 is 1.49. The number of pyridine rings is 1. The lowest BCUT2D eigenvalue weighted by Gasteiger charge is -2.32. The normalized spacial score (nSPS) is 20.5. The highest BCUT2D eigenvalue weighted by atomic mass is 32.1. The van der Waals surface area contributed by atoms with E-state index in [0.29, 0.717) is 12.1 Å². The molecule has 25 heavy (non-hydrogen) atoms. The van der Waals surface area contributed by atoms with Gasteiger partial charge in [-0.3, -0.25) is 19.5 Å². The molecule has 3 heterocycles. The van der Waals surface area contributed by atoms with Gasteiger partial charge in [-0.15, -0.1) is 11.3 Å². The Kier molecular flexibility index (Phi) is 4.43. The van der Waals surface area contributed by atoms with E-state index in [9.17, 15) is 9.59 Å². The Morgan fingerprint density at radius 1 is 1.40 bits per heavy atom. The van der Waals surface area contributed by atoms with E-state index in [1.165, 1.54) is 16.2 Å². The minimum atomic E-state index is -0.813. The third-order valence-corrected chi connectivity index (χ3v) is 5.37. The number of carbonyl (C=O) groups excluding carboxylic acids is 2. The van der Waals surface area contributed by atoms with Gasteiger partial charge < -0.3 is 5.73 Å². The van der Waals surface area contributed by atoms with Gasteiger partial charge in [0.2, 0.25) is 5.91 Å². The van der Waals surface area contributed by atoms with Gasteiger partial charge in [0.05, 0.1) is 17.0 Å². The van der Waals surface area contributed by atoms with Gasteiger partial charge in [0.1, 0.15) is 5.54 Å². The van der Waals surface area contributed by atoms with Crippen LogP contribution in [0, 0.1) is 6.92 Å². The van der Waals surface area contributed by atoms with Gasteiger partial charge in [0.15, 0.2) is 11.7 Å². The number of Topliss-reactive ketones (excluding diaryl/α,β-unsaturated/α-hetero) is 1. The summed E-state index contributed by atoms with van der Waals surface area (Å²) in [4.78, 5) is 36.6. The molecule has 3 rings (SSSR count). The molecule has 1 aliphatic heterocycles. The monoisotopic (exact) mass is 356 g/mol. The average Bonchev–Trinajstić information content (AvgIpc) is 2.99. The van der Waals surface area contributed by atoms with Crippen LogP contribution in [0.4, 0.5) is 0 Å². The highest BCUT2D eigenvalue weighted by Crippen LogP contribution is 2.32. The zero-order valence-electron chi connectivity index (χ0n) is 14.4. The number of guanidine groups is 1. The summed E-state index contributed by atoms with van der Waals surface area (Å²) < 4.78 is 0. The molecule has 0 fully saturated rings. The van der Waals surface area contributed by atoms with Crippen LogP contribution in [0.1, 0.15) is 39.2 Å². The number of rotatable bonds is 4. The van der Waals surface area contributed by atoms with Crippen LogP contribution in [0.3, 0.4) is 0 Å². The number of carbonyl (C=O) groups is 2. The number of aliphatic imine (C=N–C) groups is 1. The highest BCUT2D eigenvalue weighted by Gasteiger charge is 2.37. The van der Waals surface area contributed by atoms with E-state index in [1.54, 1.807) is 13.2 Å². The molecule has 1 aliphatic rings. The van der Waals surface area contributed by atoms with E-state index < -0.39 is 5.54 Å². The molecule has 1 atom stereocenters. The molecule has 130 valence electrons. The summed E-state index contributed by atoms with van der Waals surface area (Å²) in [7, 11) is 1.60. The van der Waals surface area contributed by atoms with Crippen molar-refractivity contribution in [2.45, 2.75) is 32.2 Å². The molecule has 0 aromatic carbocycles. The maximum Gasteiger partial charge on any atom is 0.231 e. The van der Waals surface area contributed by atoms with Crippen LogP contribution in [0.2, 0.25) is 0 Å². The van der Waals surface area contributed by atoms with Crippen LogP contribution >= 0.6 is 11.3 Å². The molecular weight excluding hydrogens is 336 g/mol.